The van der Waals surface area contributed by atoms with E-state index in [1.54, 1.807) is 36.4 Å². The van der Waals surface area contributed by atoms with Crippen molar-refractivity contribution < 1.29 is 31.1 Å². The molecule has 1 saturated heterocycles. The van der Waals surface area contributed by atoms with Crippen LogP contribution >= 0.6 is 0 Å². The third-order valence-electron chi connectivity index (χ3n) is 6.90. The first-order chi connectivity index (χ1) is 18.3. The number of allylic oxidation sites excluding steroid dienone is 2. The summed E-state index contributed by atoms with van der Waals surface area (Å²) in [6.07, 6.45) is 4.78. The van der Waals surface area contributed by atoms with Gasteiger partial charge in [0, 0.05) is 23.5 Å². The van der Waals surface area contributed by atoms with Crippen LogP contribution in [0.1, 0.15) is 54.7 Å². The molecule has 0 N–H and O–H groups in total. The molecule has 1 aliphatic heterocycles. The number of rotatable bonds is 9. The Hall–Kier alpha value is -3.32. The molecule has 0 spiro atoms. The van der Waals surface area contributed by atoms with Crippen molar-refractivity contribution in [3.05, 3.63) is 113 Å². The summed E-state index contributed by atoms with van der Waals surface area (Å²) in [6, 6.07) is 12.7. The van der Waals surface area contributed by atoms with Crippen LogP contribution in [0.4, 0.5) is 26.3 Å². The lowest BCUT2D eigenvalue weighted by Crippen LogP contribution is -2.25. The van der Waals surface area contributed by atoms with Gasteiger partial charge in [-0.25, -0.2) is 26.3 Å². The molecule has 0 radical (unpaired) electrons. The number of hydrogen-bond acceptors (Lipinski definition) is 1. The summed E-state index contributed by atoms with van der Waals surface area (Å²) < 4.78 is 89.1. The van der Waals surface area contributed by atoms with Crippen LogP contribution in [0.25, 0.3) is 17.0 Å². The number of ether oxygens (including phenoxy) is 1. The van der Waals surface area contributed by atoms with Gasteiger partial charge >= 0.3 is 0 Å². The summed E-state index contributed by atoms with van der Waals surface area (Å²) in [6.45, 7) is 4.01. The van der Waals surface area contributed by atoms with Gasteiger partial charge in [0.2, 0.25) is 0 Å². The van der Waals surface area contributed by atoms with Crippen LogP contribution in [-0.2, 0) is 11.2 Å². The van der Waals surface area contributed by atoms with Crippen molar-refractivity contribution >= 4 is 5.83 Å². The minimum Gasteiger partial charge on any atom is -0.378 e. The maximum Gasteiger partial charge on any atom is 0.194 e. The van der Waals surface area contributed by atoms with Gasteiger partial charge in [0.25, 0.3) is 0 Å². The van der Waals surface area contributed by atoms with E-state index < -0.39 is 34.9 Å². The second kappa shape index (κ2) is 12.5. The van der Waals surface area contributed by atoms with Gasteiger partial charge in [0.15, 0.2) is 23.3 Å². The molecule has 3 aromatic carbocycles. The molecular formula is C31H28F6O. The monoisotopic (exact) mass is 530 g/mol. The Bertz CT molecular complexity index is 1280. The van der Waals surface area contributed by atoms with Crippen molar-refractivity contribution in [2.24, 2.45) is 0 Å². The first-order valence-electron chi connectivity index (χ1n) is 12.6. The lowest BCUT2D eigenvalue weighted by molar-refractivity contribution is -0.000565. The molecule has 1 fully saturated rings. The van der Waals surface area contributed by atoms with Gasteiger partial charge in [-0.1, -0.05) is 42.5 Å². The molecule has 4 rings (SSSR count). The lowest BCUT2D eigenvalue weighted by atomic mass is 9.89. The quantitative estimate of drug-likeness (QED) is 0.152. The molecule has 1 heterocycles. The first-order valence-corrected chi connectivity index (χ1v) is 12.6. The molecule has 0 saturated carbocycles. The van der Waals surface area contributed by atoms with E-state index in [0.717, 1.165) is 30.5 Å². The van der Waals surface area contributed by atoms with Crippen LogP contribution in [0, 0.1) is 23.3 Å². The third kappa shape index (κ3) is 6.57. The summed E-state index contributed by atoms with van der Waals surface area (Å²) in [7, 11) is 0. The highest BCUT2D eigenvalue weighted by Gasteiger charge is 2.23. The fourth-order valence-electron chi connectivity index (χ4n) is 4.68. The van der Waals surface area contributed by atoms with E-state index in [9.17, 15) is 26.3 Å². The molecule has 0 amide bonds. The number of hydrogen-bond donors (Lipinski definition) is 0. The number of aryl methyl sites for hydroxylation is 1. The van der Waals surface area contributed by atoms with E-state index in [-0.39, 0.29) is 35.1 Å². The zero-order valence-electron chi connectivity index (χ0n) is 20.8. The van der Waals surface area contributed by atoms with Crippen molar-refractivity contribution in [2.75, 3.05) is 6.61 Å². The predicted octanol–water partition coefficient (Wildman–Crippen LogP) is 9.38. The summed E-state index contributed by atoms with van der Waals surface area (Å²) in [4.78, 5) is 0. The molecule has 3 aromatic rings. The summed E-state index contributed by atoms with van der Waals surface area (Å²) in [5.74, 6) is -6.46. The van der Waals surface area contributed by atoms with Gasteiger partial charge in [0.1, 0.15) is 11.6 Å². The summed E-state index contributed by atoms with van der Waals surface area (Å²) in [5, 5.41) is 0. The molecule has 1 aliphatic rings. The highest BCUT2D eigenvalue weighted by Crippen LogP contribution is 2.32. The second-order valence-electron chi connectivity index (χ2n) is 9.50. The van der Waals surface area contributed by atoms with E-state index in [0.29, 0.717) is 31.4 Å². The normalized spacial score (nSPS) is 18.3. The second-order valence-corrected chi connectivity index (χ2v) is 9.50. The average Bonchev–Trinajstić information content (AvgIpc) is 2.93. The topological polar surface area (TPSA) is 9.23 Å². The third-order valence-corrected chi connectivity index (χ3v) is 6.90. The number of benzene rings is 3. The fraction of sp³-hybridized carbons (Fsp3) is 0.290. The zero-order chi connectivity index (χ0) is 27.2. The van der Waals surface area contributed by atoms with Gasteiger partial charge in [-0.05, 0) is 67.0 Å². The molecule has 0 bridgehead atoms. The standard InChI is InChI=1S/C31H28F6O/c1-2-3-4-26(32)30(36)21-9-7-20(8-10-21)22-11-13-24(38-18-22)12-5-19-6-14-25(27(33)15-19)23-16-28(34)31(37)29(35)17-23/h2,6-10,14-17,22,24H,1,3-5,11-13,18H2/b30-26+. The van der Waals surface area contributed by atoms with Crippen molar-refractivity contribution in [1.82, 2.24) is 0 Å². The van der Waals surface area contributed by atoms with Crippen molar-refractivity contribution in [2.45, 2.75) is 50.5 Å². The highest BCUT2D eigenvalue weighted by atomic mass is 19.2. The smallest absolute Gasteiger partial charge is 0.194 e. The molecule has 0 aromatic heterocycles. The Labute approximate surface area is 218 Å². The Kier molecular flexibility index (Phi) is 9.10. The Morgan fingerprint density at radius 3 is 2.21 bits per heavy atom. The molecule has 0 aliphatic carbocycles. The van der Waals surface area contributed by atoms with Crippen molar-refractivity contribution in [1.29, 1.82) is 0 Å². The van der Waals surface area contributed by atoms with Gasteiger partial charge in [-0.3, -0.25) is 0 Å². The minimum absolute atomic E-state index is 0.00659. The van der Waals surface area contributed by atoms with E-state index in [4.69, 9.17) is 4.74 Å². The Morgan fingerprint density at radius 1 is 0.895 bits per heavy atom. The summed E-state index contributed by atoms with van der Waals surface area (Å²) >= 11 is 0. The molecule has 1 nitrogen and oxygen atoms in total. The molecule has 2 unspecified atom stereocenters. The molecule has 38 heavy (non-hydrogen) atoms. The first kappa shape index (κ1) is 27.7. The Balaban J connectivity index is 1.30. The largest absolute Gasteiger partial charge is 0.378 e. The SMILES string of the molecule is C=CCC/C(F)=C(\F)c1ccc(C2CCC(CCc3ccc(-c4cc(F)c(F)c(F)c4)c(F)c3)OC2)cc1. The van der Waals surface area contributed by atoms with Crippen LogP contribution in [0.2, 0.25) is 0 Å². The van der Waals surface area contributed by atoms with E-state index in [2.05, 4.69) is 6.58 Å². The van der Waals surface area contributed by atoms with E-state index >= 15 is 0 Å². The zero-order valence-corrected chi connectivity index (χ0v) is 20.8. The van der Waals surface area contributed by atoms with Gasteiger partial charge in [-0.15, -0.1) is 6.58 Å². The minimum atomic E-state index is -1.59. The maximum absolute atomic E-state index is 14.7. The Morgan fingerprint density at radius 2 is 1.61 bits per heavy atom. The van der Waals surface area contributed by atoms with Crippen LogP contribution < -0.4 is 0 Å². The molecule has 200 valence electrons. The highest BCUT2D eigenvalue weighted by molar-refractivity contribution is 5.65. The predicted molar refractivity (Wildman–Crippen MR) is 137 cm³/mol. The van der Waals surface area contributed by atoms with E-state index in [1.165, 1.54) is 12.1 Å². The fourth-order valence-corrected chi connectivity index (χ4v) is 4.68. The van der Waals surface area contributed by atoms with E-state index in [1.807, 2.05) is 0 Å². The summed E-state index contributed by atoms with van der Waals surface area (Å²) in [5.41, 5.74) is 1.84. The molecule has 2 atom stereocenters. The maximum atomic E-state index is 14.7. The average molecular weight is 531 g/mol. The molecular weight excluding hydrogens is 502 g/mol. The van der Waals surface area contributed by atoms with Crippen LogP contribution in [0.5, 0.6) is 0 Å². The lowest BCUT2D eigenvalue weighted by Gasteiger charge is -2.29. The van der Waals surface area contributed by atoms with Crippen molar-refractivity contribution in [3.8, 4) is 11.1 Å². The van der Waals surface area contributed by atoms with Crippen molar-refractivity contribution in [3.63, 3.8) is 0 Å². The van der Waals surface area contributed by atoms with Crippen LogP contribution in [-0.4, -0.2) is 12.7 Å². The molecule has 7 heteroatoms. The number of halogens is 6. The van der Waals surface area contributed by atoms with Gasteiger partial charge < -0.3 is 4.74 Å². The van der Waals surface area contributed by atoms with Crippen LogP contribution in [0.15, 0.2) is 73.1 Å². The van der Waals surface area contributed by atoms with Gasteiger partial charge in [-0.2, -0.15) is 0 Å². The van der Waals surface area contributed by atoms with Crippen LogP contribution in [0.3, 0.4) is 0 Å². The van der Waals surface area contributed by atoms with Gasteiger partial charge in [0.05, 0.1) is 12.7 Å².